The second-order valence-electron chi connectivity index (χ2n) is 9.65. The number of hydrogen-bond acceptors (Lipinski definition) is 4. The molecule has 4 rings (SSSR count). The summed E-state index contributed by atoms with van der Waals surface area (Å²) < 4.78 is 28.3. The van der Waals surface area contributed by atoms with Crippen LogP contribution >= 0.6 is 0 Å². The summed E-state index contributed by atoms with van der Waals surface area (Å²) in [4.78, 5) is 4.36. The Morgan fingerprint density at radius 1 is 0.649 bits per heavy atom. The van der Waals surface area contributed by atoms with Crippen molar-refractivity contribution < 1.29 is 8.42 Å². The van der Waals surface area contributed by atoms with Crippen LogP contribution in [0, 0.1) is 6.92 Å². The molecule has 0 saturated carbocycles. The van der Waals surface area contributed by atoms with Crippen molar-refractivity contribution in [2.75, 3.05) is 38.0 Å². The normalized spacial score (nSPS) is 12.7. The highest BCUT2D eigenvalue weighted by Gasteiger charge is 2.28. The first-order valence-corrected chi connectivity index (χ1v) is 13.8. The molecule has 5 heteroatoms. The summed E-state index contributed by atoms with van der Waals surface area (Å²) in [6.07, 6.45) is 1.90. The zero-order valence-electron chi connectivity index (χ0n) is 22.1. The van der Waals surface area contributed by atoms with Gasteiger partial charge in [-0.25, -0.2) is 8.42 Å². The van der Waals surface area contributed by atoms with Crippen molar-refractivity contribution in [2.24, 2.45) is 0 Å². The zero-order chi connectivity index (χ0) is 26.6. The van der Waals surface area contributed by atoms with Gasteiger partial charge in [-0.1, -0.05) is 78.4 Å². The average Bonchev–Trinajstić information content (AvgIpc) is 2.90. The maximum Gasteiger partial charge on any atom is 0.188 e. The van der Waals surface area contributed by atoms with Gasteiger partial charge in [0.15, 0.2) is 9.84 Å². The maximum atomic E-state index is 14.1. The Labute approximate surface area is 221 Å². The fourth-order valence-corrected chi connectivity index (χ4v) is 5.91. The second-order valence-corrected chi connectivity index (χ2v) is 11.7. The van der Waals surface area contributed by atoms with Crippen LogP contribution in [0.15, 0.2) is 114 Å². The molecule has 0 radical (unpaired) electrons. The van der Waals surface area contributed by atoms with Gasteiger partial charge in [0.05, 0.1) is 4.90 Å². The van der Waals surface area contributed by atoms with Crippen LogP contribution in [0.2, 0.25) is 0 Å². The molecule has 0 saturated heterocycles. The second kappa shape index (κ2) is 11.1. The van der Waals surface area contributed by atoms with Gasteiger partial charge in [-0.15, -0.1) is 0 Å². The van der Waals surface area contributed by atoms with Crippen molar-refractivity contribution >= 4 is 26.8 Å². The lowest BCUT2D eigenvalue weighted by molar-refractivity contribution is 0.590. The quantitative estimate of drug-likeness (QED) is 0.262. The first-order valence-electron chi connectivity index (χ1n) is 12.3. The molecule has 4 nitrogen and oxygen atoms in total. The molecular weight excluding hydrogens is 476 g/mol. The van der Waals surface area contributed by atoms with E-state index >= 15 is 0 Å². The standard InChI is InChI=1S/C32H34N2O2S/c1-24-11-21-30(22-12-24)37(35,36)32(27-15-19-29(20-16-27)34(4)5)23-31(25-9-7-6-8-10-25)26-13-17-28(18-14-26)33(2)3/h6-23,32H,1-5H3. The van der Waals surface area contributed by atoms with Gasteiger partial charge in [0.2, 0.25) is 0 Å². The fraction of sp³-hybridized carbons (Fsp3) is 0.188. The van der Waals surface area contributed by atoms with E-state index in [0.717, 1.165) is 39.2 Å². The van der Waals surface area contributed by atoms with Crippen molar-refractivity contribution in [1.82, 2.24) is 0 Å². The van der Waals surface area contributed by atoms with Crippen LogP contribution in [-0.2, 0) is 9.84 Å². The minimum atomic E-state index is -3.73. The average molecular weight is 511 g/mol. The Morgan fingerprint density at radius 3 is 1.65 bits per heavy atom. The predicted octanol–water partition coefficient (Wildman–Crippen LogP) is 6.77. The van der Waals surface area contributed by atoms with E-state index in [0.29, 0.717) is 4.90 Å². The minimum Gasteiger partial charge on any atom is -0.378 e. The lowest BCUT2D eigenvalue weighted by atomic mass is 9.95. The monoisotopic (exact) mass is 510 g/mol. The van der Waals surface area contributed by atoms with E-state index in [1.807, 2.05) is 118 Å². The molecule has 1 unspecified atom stereocenters. The summed E-state index contributed by atoms with van der Waals surface area (Å²) in [6.45, 7) is 1.96. The highest BCUT2D eigenvalue weighted by Crippen LogP contribution is 2.36. The molecule has 0 fully saturated rings. The number of rotatable bonds is 8. The predicted molar refractivity (Wildman–Crippen MR) is 156 cm³/mol. The van der Waals surface area contributed by atoms with Crippen LogP contribution in [0.5, 0.6) is 0 Å². The van der Waals surface area contributed by atoms with Crippen molar-refractivity contribution in [2.45, 2.75) is 17.1 Å². The van der Waals surface area contributed by atoms with Crippen LogP contribution in [0.3, 0.4) is 0 Å². The Balaban J connectivity index is 1.93. The van der Waals surface area contributed by atoms with Crippen molar-refractivity contribution in [3.8, 4) is 0 Å². The number of nitrogens with zero attached hydrogens (tertiary/aromatic N) is 2. The summed E-state index contributed by atoms with van der Waals surface area (Å²) in [5.41, 5.74) is 6.65. The number of anilines is 2. The topological polar surface area (TPSA) is 40.6 Å². The third-order valence-corrected chi connectivity index (χ3v) is 8.53. The molecule has 0 aliphatic carbocycles. The van der Waals surface area contributed by atoms with Crippen molar-refractivity contribution in [3.05, 3.63) is 131 Å². The van der Waals surface area contributed by atoms with Crippen LogP contribution in [0.1, 0.15) is 27.5 Å². The maximum absolute atomic E-state index is 14.1. The summed E-state index contributed by atoms with van der Waals surface area (Å²) in [5.74, 6) is 0. The molecule has 0 amide bonds. The Bertz CT molecular complexity index is 1460. The number of aryl methyl sites for hydroxylation is 1. The first kappa shape index (κ1) is 26.2. The van der Waals surface area contributed by atoms with Crippen molar-refractivity contribution in [1.29, 1.82) is 0 Å². The molecule has 37 heavy (non-hydrogen) atoms. The molecule has 0 aromatic heterocycles. The van der Waals surface area contributed by atoms with E-state index in [9.17, 15) is 8.42 Å². The number of sulfone groups is 1. The molecule has 4 aromatic carbocycles. The molecule has 0 heterocycles. The first-order chi connectivity index (χ1) is 17.7. The highest BCUT2D eigenvalue weighted by molar-refractivity contribution is 7.91. The largest absolute Gasteiger partial charge is 0.378 e. The van der Waals surface area contributed by atoms with E-state index in [1.54, 1.807) is 12.1 Å². The van der Waals surface area contributed by atoms with E-state index in [2.05, 4.69) is 24.3 Å². The molecule has 0 bridgehead atoms. The Kier molecular flexibility index (Phi) is 7.84. The van der Waals surface area contributed by atoms with Gasteiger partial charge in [0.1, 0.15) is 5.25 Å². The molecule has 0 spiro atoms. The van der Waals surface area contributed by atoms with Gasteiger partial charge in [-0.05, 0) is 65.6 Å². The summed E-state index contributed by atoms with van der Waals surface area (Å²) >= 11 is 0. The molecule has 4 aromatic rings. The summed E-state index contributed by atoms with van der Waals surface area (Å²) in [5, 5.41) is -0.866. The van der Waals surface area contributed by atoms with Crippen LogP contribution in [0.25, 0.3) is 5.57 Å². The van der Waals surface area contributed by atoms with Gasteiger partial charge in [-0.2, -0.15) is 0 Å². The van der Waals surface area contributed by atoms with Crippen molar-refractivity contribution in [3.63, 3.8) is 0 Å². The molecule has 1 atom stereocenters. The summed E-state index contributed by atoms with van der Waals surface area (Å²) in [7, 11) is 4.22. The van der Waals surface area contributed by atoms with Gasteiger partial charge in [0.25, 0.3) is 0 Å². The Morgan fingerprint density at radius 2 is 1.14 bits per heavy atom. The molecule has 0 N–H and O–H groups in total. The number of benzene rings is 4. The molecular formula is C32H34N2O2S. The number of hydrogen-bond donors (Lipinski definition) is 0. The van der Waals surface area contributed by atoms with Crippen LogP contribution in [-0.4, -0.2) is 36.6 Å². The molecule has 0 aliphatic heterocycles. The highest BCUT2D eigenvalue weighted by atomic mass is 32.2. The van der Waals surface area contributed by atoms with Gasteiger partial charge in [0, 0.05) is 39.6 Å². The van der Waals surface area contributed by atoms with Crippen LogP contribution < -0.4 is 9.80 Å². The molecule has 190 valence electrons. The summed E-state index contributed by atoms with van der Waals surface area (Å²) in [6, 6.07) is 33.1. The van der Waals surface area contributed by atoms with E-state index in [-0.39, 0.29) is 0 Å². The van der Waals surface area contributed by atoms with Gasteiger partial charge < -0.3 is 9.80 Å². The lowest BCUT2D eigenvalue weighted by Gasteiger charge is -2.20. The zero-order valence-corrected chi connectivity index (χ0v) is 22.9. The van der Waals surface area contributed by atoms with Gasteiger partial charge in [-0.3, -0.25) is 0 Å². The third-order valence-electron chi connectivity index (χ3n) is 6.52. The fourth-order valence-electron chi connectivity index (χ4n) is 4.27. The van der Waals surface area contributed by atoms with E-state index in [4.69, 9.17) is 0 Å². The van der Waals surface area contributed by atoms with Crippen LogP contribution in [0.4, 0.5) is 11.4 Å². The minimum absolute atomic E-state index is 0.311. The Hall–Kier alpha value is -3.83. The van der Waals surface area contributed by atoms with E-state index in [1.165, 1.54) is 0 Å². The van der Waals surface area contributed by atoms with Gasteiger partial charge >= 0.3 is 0 Å². The SMILES string of the molecule is Cc1ccc(S(=O)(=O)C(C=C(c2ccccc2)c2ccc(N(C)C)cc2)c2ccc(N(C)C)cc2)cc1. The van der Waals surface area contributed by atoms with E-state index < -0.39 is 15.1 Å². The third kappa shape index (κ3) is 5.95. The lowest BCUT2D eigenvalue weighted by Crippen LogP contribution is -2.14. The smallest absolute Gasteiger partial charge is 0.188 e. The molecule has 0 aliphatic rings.